The molecule has 1 atom stereocenters. The zero-order valence-electron chi connectivity index (χ0n) is 13.3. The maximum atomic E-state index is 12.8. The number of thioether (sulfide) groups is 1. The third kappa shape index (κ3) is 3.80. The molecule has 1 amide bonds. The van der Waals surface area contributed by atoms with Crippen LogP contribution < -0.4 is 5.32 Å². The summed E-state index contributed by atoms with van der Waals surface area (Å²) in [6, 6.07) is 8.47. The fourth-order valence-electron chi connectivity index (χ4n) is 3.18. The van der Waals surface area contributed by atoms with Gasteiger partial charge in [0.25, 0.3) is 0 Å². The fourth-order valence-corrected chi connectivity index (χ4v) is 3.59. The van der Waals surface area contributed by atoms with Gasteiger partial charge in [0.2, 0.25) is 5.91 Å². The van der Waals surface area contributed by atoms with Gasteiger partial charge in [0.05, 0.1) is 5.54 Å². The molecule has 0 aliphatic carbocycles. The second kappa shape index (κ2) is 7.32. The van der Waals surface area contributed by atoms with Gasteiger partial charge >= 0.3 is 0 Å². The lowest BCUT2D eigenvalue weighted by Crippen LogP contribution is -2.53. The highest BCUT2D eigenvalue weighted by atomic mass is 32.2. The zero-order valence-corrected chi connectivity index (χ0v) is 14.1. The molecule has 0 radical (unpaired) electrons. The van der Waals surface area contributed by atoms with E-state index >= 15 is 0 Å². The molecule has 1 unspecified atom stereocenters. The van der Waals surface area contributed by atoms with E-state index in [0.29, 0.717) is 6.54 Å². The van der Waals surface area contributed by atoms with E-state index in [0.717, 1.165) is 32.2 Å². The van der Waals surface area contributed by atoms with Crippen molar-refractivity contribution >= 4 is 17.7 Å². The molecule has 1 heterocycles. The van der Waals surface area contributed by atoms with E-state index in [2.05, 4.69) is 42.8 Å². The summed E-state index contributed by atoms with van der Waals surface area (Å²) in [5, 5.41) is 3.46. The summed E-state index contributed by atoms with van der Waals surface area (Å²) in [5.41, 5.74) is 0.871. The minimum absolute atomic E-state index is 0.246. The molecule has 1 fully saturated rings. The van der Waals surface area contributed by atoms with Crippen LogP contribution in [0.4, 0.5) is 0 Å². The molecule has 0 aromatic heterocycles. The molecule has 1 saturated heterocycles. The Hall–Kier alpha value is -1.00. The quantitative estimate of drug-likeness (QED) is 0.819. The number of hydrogen-bond donors (Lipinski definition) is 1. The Kier molecular flexibility index (Phi) is 5.71. The van der Waals surface area contributed by atoms with Gasteiger partial charge in [0.1, 0.15) is 0 Å². The number of hydrogen-bond acceptors (Lipinski definition) is 3. The summed E-state index contributed by atoms with van der Waals surface area (Å²) >= 11 is 1.74. The minimum atomic E-state index is -0.317. The van der Waals surface area contributed by atoms with Crippen LogP contribution in [-0.2, 0) is 11.3 Å². The van der Waals surface area contributed by atoms with Crippen LogP contribution in [-0.4, -0.2) is 36.2 Å². The van der Waals surface area contributed by atoms with Crippen LogP contribution in [0, 0.1) is 0 Å². The van der Waals surface area contributed by atoms with E-state index in [-0.39, 0.29) is 11.4 Å². The first-order chi connectivity index (χ1) is 10.1. The summed E-state index contributed by atoms with van der Waals surface area (Å²) < 4.78 is 0. The molecule has 0 saturated carbocycles. The van der Waals surface area contributed by atoms with Crippen molar-refractivity contribution in [1.82, 2.24) is 10.2 Å². The number of carbonyl (C=O) groups is 1. The molecule has 1 aromatic rings. The van der Waals surface area contributed by atoms with E-state index < -0.39 is 0 Å². The van der Waals surface area contributed by atoms with Gasteiger partial charge in [-0.25, -0.2) is 0 Å². The standard InChI is InChI=1S/C17H26N2OS/c1-4-10-17(11-5-12-18-17)16(20)19(2)13-14-6-8-15(21-3)9-7-14/h6-9,18H,4-5,10-13H2,1-3H3. The zero-order chi connectivity index (χ0) is 15.3. The predicted molar refractivity (Wildman–Crippen MR) is 89.6 cm³/mol. The molecule has 2 rings (SSSR count). The molecule has 0 bridgehead atoms. The number of benzene rings is 1. The van der Waals surface area contributed by atoms with E-state index in [9.17, 15) is 4.79 Å². The Morgan fingerprint density at radius 3 is 2.62 bits per heavy atom. The van der Waals surface area contributed by atoms with Crippen LogP contribution in [0.1, 0.15) is 38.2 Å². The van der Waals surface area contributed by atoms with E-state index in [1.54, 1.807) is 11.8 Å². The summed E-state index contributed by atoms with van der Waals surface area (Å²) in [5.74, 6) is 0.246. The van der Waals surface area contributed by atoms with Gasteiger partial charge in [-0.1, -0.05) is 25.5 Å². The molecular formula is C17H26N2OS. The van der Waals surface area contributed by atoms with Crippen molar-refractivity contribution in [2.75, 3.05) is 19.8 Å². The van der Waals surface area contributed by atoms with Gasteiger partial charge in [-0.05, 0) is 49.8 Å². The maximum Gasteiger partial charge on any atom is 0.242 e. The Morgan fingerprint density at radius 1 is 1.38 bits per heavy atom. The van der Waals surface area contributed by atoms with Crippen molar-refractivity contribution in [3.05, 3.63) is 29.8 Å². The Morgan fingerprint density at radius 2 is 2.10 bits per heavy atom. The molecule has 1 aliphatic rings. The average Bonchev–Trinajstić information content (AvgIpc) is 2.97. The Bertz CT molecular complexity index is 466. The van der Waals surface area contributed by atoms with E-state index in [1.807, 2.05) is 11.9 Å². The number of nitrogens with zero attached hydrogens (tertiary/aromatic N) is 1. The first-order valence-electron chi connectivity index (χ1n) is 7.75. The smallest absolute Gasteiger partial charge is 0.242 e. The van der Waals surface area contributed by atoms with E-state index in [4.69, 9.17) is 0 Å². The second-order valence-corrected chi connectivity index (χ2v) is 6.75. The third-order valence-electron chi connectivity index (χ3n) is 4.26. The van der Waals surface area contributed by atoms with Crippen LogP contribution in [0.15, 0.2) is 29.2 Å². The average molecular weight is 306 g/mol. The van der Waals surface area contributed by atoms with Crippen molar-refractivity contribution in [1.29, 1.82) is 0 Å². The number of carbonyl (C=O) groups excluding carboxylic acids is 1. The number of likely N-dealkylation sites (N-methyl/N-ethyl adjacent to an activating group) is 1. The highest BCUT2D eigenvalue weighted by Gasteiger charge is 2.41. The van der Waals surface area contributed by atoms with Crippen LogP contribution in [0.3, 0.4) is 0 Å². The lowest BCUT2D eigenvalue weighted by Gasteiger charge is -2.32. The molecular weight excluding hydrogens is 280 g/mol. The Balaban J connectivity index is 2.03. The normalized spacial score (nSPS) is 21.5. The topological polar surface area (TPSA) is 32.3 Å². The van der Waals surface area contributed by atoms with Crippen molar-refractivity contribution in [3.8, 4) is 0 Å². The Labute approximate surface area is 132 Å². The van der Waals surface area contributed by atoms with Crippen molar-refractivity contribution in [3.63, 3.8) is 0 Å². The molecule has 21 heavy (non-hydrogen) atoms. The largest absolute Gasteiger partial charge is 0.340 e. The molecule has 116 valence electrons. The number of nitrogens with one attached hydrogen (secondary N) is 1. The van der Waals surface area contributed by atoms with Gasteiger partial charge in [0, 0.05) is 18.5 Å². The molecule has 3 nitrogen and oxygen atoms in total. The summed E-state index contributed by atoms with van der Waals surface area (Å²) in [6.45, 7) is 3.79. The van der Waals surface area contributed by atoms with Crippen LogP contribution in [0.2, 0.25) is 0 Å². The van der Waals surface area contributed by atoms with Crippen LogP contribution in [0.5, 0.6) is 0 Å². The summed E-state index contributed by atoms with van der Waals surface area (Å²) in [6.07, 6.45) is 6.11. The predicted octanol–water partition coefficient (Wildman–Crippen LogP) is 3.29. The fraction of sp³-hybridized carbons (Fsp3) is 0.588. The van der Waals surface area contributed by atoms with Crippen molar-refractivity contribution in [2.24, 2.45) is 0 Å². The SMILES string of the molecule is CCCC1(C(=O)N(C)Cc2ccc(SC)cc2)CCCN1. The number of amides is 1. The van der Waals surface area contributed by atoms with Crippen LogP contribution in [0.25, 0.3) is 0 Å². The van der Waals surface area contributed by atoms with Gasteiger partial charge < -0.3 is 10.2 Å². The monoisotopic (exact) mass is 306 g/mol. The second-order valence-electron chi connectivity index (χ2n) is 5.87. The van der Waals surface area contributed by atoms with Crippen molar-refractivity contribution in [2.45, 2.75) is 49.6 Å². The third-order valence-corrected chi connectivity index (χ3v) is 5.00. The molecule has 1 N–H and O–H groups in total. The van der Waals surface area contributed by atoms with E-state index in [1.165, 1.54) is 10.5 Å². The summed E-state index contributed by atoms with van der Waals surface area (Å²) in [4.78, 5) is 16.0. The van der Waals surface area contributed by atoms with Gasteiger partial charge in [-0.3, -0.25) is 4.79 Å². The summed E-state index contributed by atoms with van der Waals surface area (Å²) in [7, 11) is 1.92. The molecule has 4 heteroatoms. The van der Waals surface area contributed by atoms with Gasteiger partial charge in [0.15, 0.2) is 0 Å². The lowest BCUT2D eigenvalue weighted by atomic mass is 9.90. The molecule has 1 aliphatic heterocycles. The lowest BCUT2D eigenvalue weighted by molar-refractivity contribution is -0.137. The highest BCUT2D eigenvalue weighted by molar-refractivity contribution is 7.98. The first-order valence-corrected chi connectivity index (χ1v) is 8.97. The van der Waals surface area contributed by atoms with Gasteiger partial charge in [-0.2, -0.15) is 0 Å². The highest BCUT2D eigenvalue weighted by Crippen LogP contribution is 2.27. The molecule has 1 aromatic carbocycles. The van der Waals surface area contributed by atoms with Gasteiger partial charge in [-0.15, -0.1) is 11.8 Å². The molecule has 0 spiro atoms. The minimum Gasteiger partial charge on any atom is -0.340 e. The maximum absolute atomic E-state index is 12.8. The van der Waals surface area contributed by atoms with Crippen LogP contribution >= 0.6 is 11.8 Å². The van der Waals surface area contributed by atoms with Crippen molar-refractivity contribution < 1.29 is 4.79 Å². The first kappa shape index (κ1) is 16.4. The number of rotatable bonds is 6.